The second kappa shape index (κ2) is 7.09. The molecular formula is C21H24FN5O2. The normalized spacial score (nSPS) is 18.6. The van der Waals surface area contributed by atoms with Crippen LogP contribution in [0.4, 0.5) is 14.9 Å². The summed E-state index contributed by atoms with van der Waals surface area (Å²) in [6, 6.07) is 3.85. The lowest BCUT2D eigenvalue weighted by Crippen LogP contribution is -2.39. The number of nitrogens with one attached hydrogen (secondary N) is 1. The van der Waals surface area contributed by atoms with Gasteiger partial charge in [-0.1, -0.05) is 0 Å². The number of benzene rings is 1. The smallest absolute Gasteiger partial charge is 0.413 e. The molecule has 1 aromatic heterocycles. The first-order valence-corrected chi connectivity index (χ1v) is 9.68. The highest BCUT2D eigenvalue weighted by Crippen LogP contribution is 2.39. The van der Waals surface area contributed by atoms with E-state index in [9.17, 15) is 9.18 Å². The number of nitrogens with two attached hydrogens (primary N) is 1. The number of alkyl carbamates (subject to hydrolysis) is 1. The van der Waals surface area contributed by atoms with Gasteiger partial charge in [0, 0.05) is 29.8 Å². The van der Waals surface area contributed by atoms with Crippen molar-refractivity contribution in [2.75, 3.05) is 5.73 Å². The lowest BCUT2D eigenvalue weighted by molar-refractivity contribution is 0.0563. The summed E-state index contributed by atoms with van der Waals surface area (Å²) in [6.45, 7) is 5.33. The Morgan fingerprint density at radius 2 is 2.07 bits per heavy atom. The van der Waals surface area contributed by atoms with Gasteiger partial charge in [0.2, 0.25) is 0 Å². The molecule has 4 rings (SSSR count). The number of nitrogen functional groups attached to an aromatic ring is 1. The van der Waals surface area contributed by atoms with E-state index in [1.807, 2.05) is 0 Å². The molecule has 1 atom stereocenters. The molecular weight excluding hydrogens is 373 g/mol. The molecule has 1 amide bonds. The number of aromatic nitrogens is 2. The maximum absolute atomic E-state index is 14.5. The van der Waals surface area contributed by atoms with Gasteiger partial charge >= 0.3 is 6.09 Å². The number of carbonyl (C=O) groups excluding carboxylic acids is 1. The molecule has 0 spiro atoms. The predicted octanol–water partition coefficient (Wildman–Crippen LogP) is 3.64. The number of anilines is 1. The topological polar surface area (TPSA) is 102 Å². The summed E-state index contributed by atoms with van der Waals surface area (Å²) in [5, 5.41) is 2.68. The highest BCUT2D eigenvalue weighted by Gasteiger charge is 2.31. The minimum Gasteiger partial charge on any atom is -0.444 e. The number of halogens is 1. The van der Waals surface area contributed by atoms with Crippen LogP contribution in [0, 0.1) is 5.82 Å². The van der Waals surface area contributed by atoms with E-state index in [1.54, 1.807) is 33.0 Å². The minimum absolute atomic E-state index is 0.273. The second-order valence-electron chi connectivity index (χ2n) is 8.47. The van der Waals surface area contributed by atoms with Crippen molar-refractivity contribution in [2.45, 2.75) is 57.6 Å². The monoisotopic (exact) mass is 397 g/mol. The zero-order chi connectivity index (χ0) is 20.8. The van der Waals surface area contributed by atoms with Crippen molar-refractivity contribution < 1.29 is 13.9 Å². The lowest BCUT2D eigenvalue weighted by Gasteiger charge is -2.25. The number of rotatable bonds is 2. The van der Waals surface area contributed by atoms with Crippen LogP contribution in [0.2, 0.25) is 0 Å². The summed E-state index contributed by atoms with van der Waals surface area (Å²) >= 11 is 0. The van der Waals surface area contributed by atoms with Gasteiger partial charge in [-0.25, -0.2) is 19.2 Å². The Labute approximate surface area is 168 Å². The van der Waals surface area contributed by atoms with Crippen LogP contribution >= 0.6 is 0 Å². The molecule has 29 heavy (non-hydrogen) atoms. The molecule has 1 fully saturated rings. The van der Waals surface area contributed by atoms with Crippen LogP contribution < -0.4 is 11.1 Å². The van der Waals surface area contributed by atoms with E-state index >= 15 is 0 Å². The summed E-state index contributed by atoms with van der Waals surface area (Å²) in [5.41, 5.74) is 7.37. The molecule has 0 radical (unpaired) electrons. The van der Waals surface area contributed by atoms with Crippen LogP contribution in [0.5, 0.6) is 0 Å². The number of nitrogens with zero attached hydrogens (tertiary/aromatic N) is 3. The Kier molecular flexibility index (Phi) is 4.72. The van der Waals surface area contributed by atoms with Gasteiger partial charge in [-0.05, 0) is 51.8 Å². The fraction of sp³-hybridized carbons (Fsp3) is 0.429. The van der Waals surface area contributed by atoms with Gasteiger partial charge < -0.3 is 10.5 Å². The highest BCUT2D eigenvalue weighted by molar-refractivity contribution is 6.07. The van der Waals surface area contributed by atoms with Crippen molar-refractivity contribution in [3.05, 3.63) is 52.9 Å². The number of carbonyl (C=O) groups is 1. The third kappa shape index (κ3) is 4.36. The van der Waals surface area contributed by atoms with Gasteiger partial charge in [-0.2, -0.15) is 0 Å². The third-order valence-electron chi connectivity index (χ3n) is 4.75. The zero-order valence-electron chi connectivity index (χ0n) is 16.7. The number of hydrogen-bond donors (Lipinski definition) is 2. The number of ether oxygens (including phenoxy) is 1. The second-order valence-corrected chi connectivity index (χ2v) is 8.47. The van der Waals surface area contributed by atoms with Crippen LogP contribution in [0.25, 0.3) is 0 Å². The predicted molar refractivity (Wildman–Crippen MR) is 107 cm³/mol. The molecule has 8 heteroatoms. The third-order valence-corrected chi connectivity index (χ3v) is 4.75. The van der Waals surface area contributed by atoms with E-state index in [4.69, 9.17) is 15.5 Å². The standard InChI is InChI=1S/C21H24FN5O2/c1-21(2,3)29-20(28)27-19-14-10-24-18(11-4-5-11)25-17(14)9-16(26-19)13-8-12(23)6-7-15(13)22/h6-8,10-11,16H,4-5,9,23H2,1-3H3,(H,26,27,28)/t16-/m0/s1. The molecule has 1 saturated carbocycles. The van der Waals surface area contributed by atoms with Crippen LogP contribution in [0.3, 0.4) is 0 Å². The number of aliphatic imine (C=N–C) groups is 1. The molecule has 0 saturated heterocycles. The molecule has 7 nitrogen and oxygen atoms in total. The van der Waals surface area contributed by atoms with Crippen LogP contribution in [-0.4, -0.2) is 27.5 Å². The Balaban J connectivity index is 1.71. The van der Waals surface area contributed by atoms with Crippen molar-refractivity contribution >= 4 is 17.6 Å². The number of hydrogen-bond acceptors (Lipinski definition) is 6. The zero-order valence-corrected chi connectivity index (χ0v) is 16.7. The summed E-state index contributed by atoms with van der Waals surface area (Å²) < 4.78 is 19.8. The average molecular weight is 397 g/mol. The van der Waals surface area contributed by atoms with E-state index < -0.39 is 23.6 Å². The molecule has 2 heterocycles. The molecule has 3 N–H and O–H groups in total. The van der Waals surface area contributed by atoms with Crippen molar-refractivity contribution in [1.82, 2.24) is 15.3 Å². The van der Waals surface area contributed by atoms with Gasteiger partial charge in [0.1, 0.15) is 23.1 Å². The number of fused-ring (bicyclic) bond motifs is 1. The lowest BCUT2D eigenvalue weighted by atomic mass is 9.96. The highest BCUT2D eigenvalue weighted by atomic mass is 19.1. The molecule has 1 aliphatic heterocycles. The first-order chi connectivity index (χ1) is 13.7. The van der Waals surface area contributed by atoms with E-state index in [-0.39, 0.29) is 5.84 Å². The first-order valence-electron chi connectivity index (χ1n) is 9.68. The van der Waals surface area contributed by atoms with Gasteiger partial charge in [0.05, 0.1) is 17.3 Å². The summed E-state index contributed by atoms with van der Waals surface area (Å²) in [7, 11) is 0. The van der Waals surface area contributed by atoms with E-state index in [1.165, 1.54) is 12.1 Å². The van der Waals surface area contributed by atoms with Crippen molar-refractivity contribution in [1.29, 1.82) is 0 Å². The van der Waals surface area contributed by atoms with Crippen LogP contribution in [-0.2, 0) is 11.2 Å². The molecule has 2 aliphatic rings. The molecule has 0 bridgehead atoms. The quantitative estimate of drug-likeness (QED) is 0.753. The fourth-order valence-electron chi connectivity index (χ4n) is 3.28. The Morgan fingerprint density at radius 3 is 2.76 bits per heavy atom. The number of amidine groups is 1. The van der Waals surface area contributed by atoms with Crippen LogP contribution in [0.1, 0.15) is 68.2 Å². The summed E-state index contributed by atoms with van der Waals surface area (Å²) in [5.74, 6) is 1.04. The van der Waals surface area contributed by atoms with Crippen LogP contribution in [0.15, 0.2) is 29.4 Å². The van der Waals surface area contributed by atoms with Crippen molar-refractivity contribution in [2.24, 2.45) is 4.99 Å². The molecule has 2 aromatic rings. The molecule has 152 valence electrons. The Hall–Kier alpha value is -3.03. The van der Waals surface area contributed by atoms with Gasteiger partial charge in [-0.3, -0.25) is 10.3 Å². The van der Waals surface area contributed by atoms with Gasteiger partial charge in [0.15, 0.2) is 0 Å². The van der Waals surface area contributed by atoms with E-state index in [0.29, 0.717) is 29.2 Å². The molecule has 0 unspecified atom stereocenters. The maximum atomic E-state index is 14.5. The average Bonchev–Trinajstić information content (AvgIpc) is 3.46. The maximum Gasteiger partial charge on any atom is 0.413 e. The minimum atomic E-state index is -0.659. The number of amides is 1. The summed E-state index contributed by atoms with van der Waals surface area (Å²) in [4.78, 5) is 26.1. The first kappa shape index (κ1) is 19.3. The van der Waals surface area contributed by atoms with Gasteiger partial charge in [-0.15, -0.1) is 0 Å². The SMILES string of the molecule is CC(C)(C)OC(=O)NC1=N[C@H](c2cc(N)ccc2F)Cc2nc(C3CC3)ncc21. The fourth-order valence-corrected chi connectivity index (χ4v) is 3.28. The molecule has 1 aliphatic carbocycles. The molecule has 1 aromatic carbocycles. The van der Waals surface area contributed by atoms with Crippen molar-refractivity contribution in [3.63, 3.8) is 0 Å². The van der Waals surface area contributed by atoms with E-state index in [0.717, 1.165) is 24.4 Å². The largest absolute Gasteiger partial charge is 0.444 e. The van der Waals surface area contributed by atoms with Crippen molar-refractivity contribution in [3.8, 4) is 0 Å². The van der Waals surface area contributed by atoms with Gasteiger partial charge in [0.25, 0.3) is 0 Å². The van der Waals surface area contributed by atoms with E-state index in [2.05, 4.69) is 15.3 Å². The Morgan fingerprint density at radius 1 is 1.31 bits per heavy atom. The summed E-state index contributed by atoms with van der Waals surface area (Å²) in [6.07, 6.45) is 3.59. The Bertz CT molecular complexity index is 995.